The number of piperidine rings is 1. The maximum Gasteiger partial charge on any atom is 0.220 e. The van der Waals surface area contributed by atoms with Crippen molar-refractivity contribution in [2.75, 3.05) is 13.1 Å². The van der Waals surface area contributed by atoms with E-state index in [2.05, 4.69) is 17.1 Å². The van der Waals surface area contributed by atoms with Gasteiger partial charge in [-0.3, -0.25) is 9.69 Å². The number of amides is 1. The molecule has 1 aliphatic heterocycles. The predicted molar refractivity (Wildman–Crippen MR) is 94.4 cm³/mol. The van der Waals surface area contributed by atoms with Gasteiger partial charge in [0.25, 0.3) is 0 Å². The van der Waals surface area contributed by atoms with Crippen LogP contribution < -0.4 is 5.32 Å². The number of aliphatic hydroxyl groups excluding tert-OH is 1. The van der Waals surface area contributed by atoms with Gasteiger partial charge in [0.15, 0.2) is 0 Å². The van der Waals surface area contributed by atoms with Gasteiger partial charge >= 0.3 is 0 Å². The Morgan fingerprint density at radius 1 is 1.04 bits per heavy atom. The molecular weight excluding hydrogens is 288 g/mol. The largest absolute Gasteiger partial charge is 0.391 e. The molecule has 2 fully saturated rings. The number of nitrogens with zero attached hydrogens (tertiary/aromatic N) is 1. The number of unbranched alkanes of at least 4 members (excludes halogenated alkanes) is 4. The molecule has 0 bridgehead atoms. The van der Waals surface area contributed by atoms with Gasteiger partial charge in [-0.05, 0) is 32.1 Å². The van der Waals surface area contributed by atoms with E-state index in [1.165, 1.54) is 38.5 Å². The minimum atomic E-state index is -0.141. The summed E-state index contributed by atoms with van der Waals surface area (Å²) in [4.78, 5) is 14.5. The molecule has 0 aromatic carbocycles. The molecule has 2 atom stereocenters. The van der Waals surface area contributed by atoms with Crippen molar-refractivity contribution in [1.82, 2.24) is 10.2 Å². The number of aliphatic hydroxyl groups is 1. The third-order valence-corrected chi connectivity index (χ3v) is 5.57. The van der Waals surface area contributed by atoms with E-state index in [0.29, 0.717) is 18.5 Å². The fraction of sp³-hybridized carbons (Fsp3) is 0.947. The van der Waals surface area contributed by atoms with Crippen molar-refractivity contribution in [1.29, 1.82) is 0 Å². The zero-order valence-electron chi connectivity index (χ0n) is 14.9. The Morgan fingerprint density at radius 2 is 1.74 bits per heavy atom. The fourth-order valence-electron chi connectivity index (χ4n) is 4.08. The quantitative estimate of drug-likeness (QED) is 0.674. The molecule has 1 heterocycles. The highest BCUT2D eigenvalue weighted by molar-refractivity contribution is 5.76. The van der Waals surface area contributed by atoms with E-state index in [9.17, 15) is 9.90 Å². The van der Waals surface area contributed by atoms with Crippen LogP contribution in [0.3, 0.4) is 0 Å². The van der Waals surface area contributed by atoms with Crippen LogP contribution >= 0.6 is 0 Å². The van der Waals surface area contributed by atoms with Crippen LogP contribution in [0.5, 0.6) is 0 Å². The molecule has 134 valence electrons. The summed E-state index contributed by atoms with van der Waals surface area (Å²) in [5.74, 6) is 0.234. The number of nitrogens with one attached hydrogen (secondary N) is 1. The summed E-state index contributed by atoms with van der Waals surface area (Å²) >= 11 is 0. The Labute approximate surface area is 142 Å². The third-order valence-electron chi connectivity index (χ3n) is 5.57. The van der Waals surface area contributed by atoms with Gasteiger partial charge in [0.05, 0.1) is 6.10 Å². The molecule has 2 unspecified atom stereocenters. The van der Waals surface area contributed by atoms with E-state index >= 15 is 0 Å². The predicted octanol–water partition coefficient (Wildman–Crippen LogP) is 3.23. The van der Waals surface area contributed by atoms with Gasteiger partial charge in [-0.15, -0.1) is 0 Å². The molecule has 4 nitrogen and oxygen atoms in total. The second-order valence-corrected chi connectivity index (χ2v) is 7.46. The standard InChI is InChI=1S/C19H36N2O2/c1-2-3-4-5-6-11-19(23)20-16-12-14-21(15-13-16)17-9-7-8-10-18(17)22/h16-18,22H,2-15H2,1H3,(H,20,23). The molecule has 2 N–H and O–H groups in total. The highest BCUT2D eigenvalue weighted by Gasteiger charge is 2.31. The van der Waals surface area contributed by atoms with E-state index < -0.39 is 0 Å². The molecule has 1 saturated heterocycles. The lowest BCUT2D eigenvalue weighted by Crippen LogP contribution is -2.52. The Bertz CT molecular complexity index is 340. The van der Waals surface area contributed by atoms with Gasteiger partial charge in [0.1, 0.15) is 0 Å². The monoisotopic (exact) mass is 324 g/mol. The van der Waals surface area contributed by atoms with Crippen molar-refractivity contribution in [3.63, 3.8) is 0 Å². The molecular formula is C19H36N2O2. The number of carbonyl (C=O) groups excluding carboxylic acids is 1. The van der Waals surface area contributed by atoms with Crippen LogP contribution in [-0.2, 0) is 4.79 Å². The van der Waals surface area contributed by atoms with Crippen molar-refractivity contribution in [2.24, 2.45) is 0 Å². The summed E-state index contributed by atoms with van der Waals surface area (Å²) in [6.45, 7) is 4.25. The Balaban J connectivity index is 1.59. The molecule has 1 saturated carbocycles. The molecule has 0 spiro atoms. The molecule has 23 heavy (non-hydrogen) atoms. The van der Waals surface area contributed by atoms with Crippen LogP contribution in [-0.4, -0.2) is 47.2 Å². The highest BCUT2D eigenvalue weighted by Crippen LogP contribution is 2.25. The van der Waals surface area contributed by atoms with Gasteiger partial charge in [-0.2, -0.15) is 0 Å². The van der Waals surface area contributed by atoms with Gasteiger partial charge in [-0.1, -0.05) is 45.4 Å². The normalized spacial score (nSPS) is 27.0. The number of hydrogen-bond donors (Lipinski definition) is 2. The van der Waals surface area contributed by atoms with Crippen molar-refractivity contribution < 1.29 is 9.90 Å². The zero-order chi connectivity index (χ0) is 16.5. The number of likely N-dealkylation sites (tertiary alicyclic amines) is 1. The van der Waals surface area contributed by atoms with E-state index in [1.807, 2.05) is 0 Å². The summed E-state index contributed by atoms with van der Waals surface area (Å²) < 4.78 is 0. The van der Waals surface area contributed by atoms with Crippen molar-refractivity contribution in [3.8, 4) is 0 Å². The van der Waals surface area contributed by atoms with Crippen molar-refractivity contribution in [3.05, 3.63) is 0 Å². The summed E-state index contributed by atoms with van der Waals surface area (Å²) in [5, 5.41) is 13.4. The summed E-state index contributed by atoms with van der Waals surface area (Å²) in [6.07, 6.45) is 13.1. The van der Waals surface area contributed by atoms with Gasteiger partial charge in [0.2, 0.25) is 5.91 Å². The number of hydrogen-bond acceptors (Lipinski definition) is 3. The van der Waals surface area contributed by atoms with Gasteiger partial charge < -0.3 is 10.4 Å². The SMILES string of the molecule is CCCCCCCC(=O)NC1CCN(C2CCCCC2O)CC1. The summed E-state index contributed by atoms with van der Waals surface area (Å²) in [6, 6.07) is 0.703. The van der Waals surface area contributed by atoms with Crippen LogP contribution in [0, 0.1) is 0 Å². The van der Waals surface area contributed by atoms with Gasteiger partial charge in [0, 0.05) is 31.6 Å². The summed E-state index contributed by atoms with van der Waals surface area (Å²) in [5.41, 5.74) is 0. The molecule has 1 aliphatic carbocycles. The van der Waals surface area contributed by atoms with E-state index in [1.54, 1.807) is 0 Å². The minimum Gasteiger partial charge on any atom is -0.391 e. The van der Waals surface area contributed by atoms with Crippen LogP contribution in [0.15, 0.2) is 0 Å². The maximum atomic E-state index is 12.0. The first-order valence-electron chi connectivity index (χ1n) is 9.92. The van der Waals surface area contributed by atoms with Crippen molar-refractivity contribution in [2.45, 2.75) is 102 Å². The average Bonchev–Trinajstić information content (AvgIpc) is 2.56. The molecule has 0 aromatic rings. The molecule has 1 amide bonds. The first-order chi connectivity index (χ1) is 11.2. The Hall–Kier alpha value is -0.610. The smallest absolute Gasteiger partial charge is 0.220 e. The Morgan fingerprint density at radius 3 is 2.43 bits per heavy atom. The summed E-state index contributed by atoms with van der Waals surface area (Å²) in [7, 11) is 0. The Kier molecular flexibility index (Phi) is 8.38. The number of carbonyl (C=O) groups is 1. The molecule has 2 aliphatic rings. The average molecular weight is 325 g/mol. The van der Waals surface area contributed by atoms with Crippen molar-refractivity contribution >= 4 is 5.91 Å². The lowest BCUT2D eigenvalue weighted by atomic mass is 9.89. The van der Waals surface area contributed by atoms with Gasteiger partial charge in [-0.25, -0.2) is 0 Å². The van der Waals surface area contributed by atoms with Crippen LogP contribution in [0.25, 0.3) is 0 Å². The third kappa shape index (κ3) is 6.42. The lowest BCUT2D eigenvalue weighted by Gasteiger charge is -2.41. The van der Waals surface area contributed by atoms with Crippen LogP contribution in [0.1, 0.15) is 84.0 Å². The molecule has 0 aromatic heterocycles. The topological polar surface area (TPSA) is 52.6 Å². The first kappa shape index (κ1) is 18.7. The fourth-order valence-corrected chi connectivity index (χ4v) is 4.08. The molecule has 2 rings (SSSR count). The first-order valence-corrected chi connectivity index (χ1v) is 9.92. The van der Waals surface area contributed by atoms with E-state index in [4.69, 9.17) is 0 Å². The van der Waals surface area contributed by atoms with E-state index in [-0.39, 0.29) is 12.0 Å². The minimum absolute atomic E-state index is 0.141. The highest BCUT2D eigenvalue weighted by atomic mass is 16.3. The number of rotatable bonds is 8. The van der Waals surface area contributed by atoms with E-state index in [0.717, 1.165) is 45.2 Å². The second-order valence-electron chi connectivity index (χ2n) is 7.46. The zero-order valence-corrected chi connectivity index (χ0v) is 14.9. The second kappa shape index (κ2) is 10.3. The maximum absolute atomic E-state index is 12.0. The lowest BCUT2D eigenvalue weighted by molar-refractivity contribution is -0.122. The molecule has 0 radical (unpaired) electrons. The molecule has 4 heteroatoms. The van der Waals surface area contributed by atoms with Crippen LogP contribution in [0.2, 0.25) is 0 Å². The van der Waals surface area contributed by atoms with Crippen LogP contribution in [0.4, 0.5) is 0 Å².